The highest BCUT2D eigenvalue weighted by molar-refractivity contribution is 6.34. The van der Waals surface area contributed by atoms with Crippen LogP contribution in [0.25, 0.3) is 0 Å². The zero-order valence-corrected chi connectivity index (χ0v) is 18.2. The summed E-state index contributed by atoms with van der Waals surface area (Å²) in [6.45, 7) is 4.49. The molecule has 2 amide bonds. The number of hydrogen-bond acceptors (Lipinski definition) is 5. The average molecular weight is 443 g/mol. The minimum absolute atomic E-state index is 0.0982. The molecule has 0 spiro atoms. The zero-order valence-electron chi connectivity index (χ0n) is 17.4. The fourth-order valence-electron chi connectivity index (χ4n) is 3.85. The van der Waals surface area contributed by atoms with E-state index in [4.69, 9.17) is 16.3 Å². The summed E-state index contributed by atoms with van der Waals surface area (Å²) >= 11 is 6.33. The van der Waals surface area contributed by atoms with Crippen molar-refractivity contribution in [2.45, 2.75) is 12.8 Å². The average Bonchev–Trinajstić information content (AvgIpc) is 3.33. The lowest BCUT2D eigenvalue weighted by Crippen LogP contribution is -2.40. The molecule has 2 N–H and O–H groups in total. The second-order valence-electron chi connectivity index (χ2n) is 7.74. The topological polar surface area (TPSA) is 73.9 Å². The number of halogens is 1. The lowest BCUT2D eigenvalue weighted by molar-refractivity contribution is -0.114. The van der Waals surface area contributed by atoms with E-state index in [0.29, 0.717) is 42.6 Å². The molecule has 2 saturated heterocycles. The number of ether oxygens (including phenoxy) is 1. The Morgan fingerprint density at radius 3 is 2.29 bits per heavy atom. The van der Waals surface area contributed by atoms with Gasteiger partial charge in [-0.25, -0.2) is 0 Å². The summed E-state index contributed by atoms with van der Waals surface area (Å²) in [4.78, 5) is 29.0. The summed E-state index contributed by atoms with van der Waals surface area (Å²) in [5.74, 6) is -0.256. The fourth-order valence-corrected chi connectivity index (χ4v) is 4.12. The van der Waals surface area contributed by atoms with Crippen molar-refractivity contribution in [1.29, 1.82) is 0 Å². The molecule has 2 heterocycles. The molecule has 2 aliphatic heterocycles. The SMILES string of the molecule is O=C(CNc1ccc(C(=O)N2CCOCC2)c(Cl)c1)Nc1ccc(N2CCCC2)cc1. The van der Waals surface area contributed by atoms with Gasteiger partial charge in [0.1, 0.15) is 0 Å². The molecular formula is C23H27ClN4O3. The van der Waals surface area contributed by atoms with Crippen LogP contribution in [0, 0.1) is 0 Å². The van der Waals surface area contributed by atoms with E-state index in [2.05, 4.69) is 15.5 Å². The quantitative estimate of drug-likeness (QED) is 0.716. The number of anilines is 3. The predicted molar refractivity (Wildman–Crippen MR) is 123 cm³/mol. The molecule has 164 valence electrons. The number of benzene rings is 2. The van der Waals surface area contributed by atoms with Crippen molar-refractivity contribution >= 4 is 40.5 Å². The Morgan fingerprint density at radius 1 is 0.935 bits per heavy atom. The van der Waals surface area contributed by atoms with Crippen LogP contribution in [0.4, 0.5) is 17.1 Å². The maximum atomic E-state index is 12.6. The minimum atomic E-state index is -0.154. The molecule has 7 nitrogen and oxygen atoms in total. The molecule has 0 aliphatic carbocycles. The smallest absolute Gasteiger partial charge is 0.255 e. The first-order chi connectivity index (χ1) is 15.1. The molecule has 0 aromatic heterocycles. The Bertz CT molecular complexity index is 923. The fraction of sp³-hybridized carbons (Fsp3) is 0.391. The first-order valence-electron chi connectivity index (χ1n) is 10.7. The van der Waals surface area contributed by atoms with Gasteiger partial charge in [0.25, 0.3) is 5.91 Å². The normalized spacial score (nSPS) is 16.3. The molecule has 8 heteroatoms. The van der Waals surface area contributed by atoms with Crippen LogP contribution in [-0.4, -0.2) is 62.7 Å². The van der Waals surface area contributed by atoms with Crippen molar-refractivity contribution in [3.63, 3.8) is 0 Å². The van der Waals surface area contributed by atoms with Crippen LogP contribution in [0.15, 0.2) is 42.5 Å². The molecule has 31 heavy (non-hydrogen) atoms. The third-order valence-electron chi connectivity index (χ3n) is 5.57. The monoisotopic (exact) mass is 442 g/mol. The van der Waals surface area contributed by atoms with Crippen molar-refractivity contribution < 1.29 is 14.3 Å². The summed E-state index contributed by atoms with van der Waals surface area (Å²) in [7, 11) is 0. The minimum Gasteiger partial charge on any atom is -0.378 e. The second-order valence-corrected chi connectivity index (χ2v) is 8.15. The highest BCUT2D eigenvalue weighted by atomic mass is 35.5. The van der Waals surface area contributed by atoms with E-state index in [1.165, 1.54) is 18.5 Å². The number of nitrogens with zero attached hydrogens (tertiary/aromatic N) is 2. The van der Waals surface area contributed by atoms with Gasteiger partial charge in [0.2, 0.25) is 5.91 Å². The Morgan fingerprint density at radius 2 is 1.61 bits per heavy atom. The number of morpholine rings is 1. The van der Waals surface area contributed by atoms with Crippen molar-refractivity contribution in [3.05, 3.63) is 53.1 Å². The second kappa shape index (κ2) is 10.0. The van der Waals surface area contributed by atoms with Gasteiger partial charge in [-0.15, -0.1) is 0 Å². The summed E-state index contributed by atoms with van der Waals surface area (Å²) < 4.78 is 5.28. The summed E-state index contributed by atoms with van der Waals surface area (Å²) in [6, 6.07) is 13.1. The summed E-state index contributed by atoms with van der Waals surface area (Å²) in [6.07, 6.45) is 2.47. The van der Waals surface area contributed by atoms with Crippen LogP contribution >= 0.6 is 11.6 Å². The molecule has 0 saturated carbocycles. The maximum absolute atomic E-state index is 12.6. The van der Waals surface area contributed by atoms with Crippen LogP contribution in [0.3, 0.4) is 0 Å². The Hall–Kier alpha value is -2.77. The molecule has 2 aromatic carbocycles. The molecule has 0 atom stereocenters. The van der Waals surface area contributed by atoms with Crippen LogP contribution in [-0.2, 0) is 9.53 Å². The van der Waals surface area contributed by atoms with Crippen LogP contribution in [0.5, 0.6) is 0 Å². The van der Waals surface area contributed by atoms with Gasteiger partial charge in [-0.05, 0) is 55.3 Å². The molecule has 2 fully saturated rings. The van der Waals surface area contributed by atoms with E-state index in [0.717, 1.165) is 18.8 Å². The van der Waals surface area contributed by atoms with Crippen molar-refractivity contribution in [3.8, 4) is 0 Å². The molecule has 0 unspecified atom stereocenters. The van der Waals surface area contributed by atoms with Crippen LogP contribution in [0.2, 0.25) is 5.02 Å². The van der Waals surface area contributed by atoms with Crippen molar-refractivity contribution in [2.24, 2.45) is 0 Å². The lowest BCUT2D eigenvalue weighted by Gasteiger charge is -2.27. The van der Waals surface area contributed by atoms with Crippen LogP contribution in [0.1, 0.15) is 23.2 Å². The van der Waals surface area contributed by atoms with Gasteiger partial charge >= 0.3 is 0 Å². The maximum Gasteiger partial charge on any atom is 0.255 e. The molecule has 0 radical (unpaired) electrons. The Kier molecular flexibility index (Phi) is 6.94. The number of carbonyl (C=O) groups is 2. The molecule has 2 aromatic rings. The highest BCUT2D eigenvalue weighted by Crippen LogP contribution is 2.24. The molecule has 2 aliphatic rings. The van der Waals surface area contributed by atoms with Gasteiger partial charge in [0, 0.05) is 43.2 Å². The van der Waals surface area contributed by atoms with Crippen molar-refractivity contribution in [1.82, 2.24) is 4.90 Å². The van der Waals surface area contributed by atoms with Gasteiger partial charge in [-0.1, -0.05) is 11.6 Å². The Balaban J connectivity index is 1.28. The standard InChI is InChI=1S/C23H27ClN4O3/c24-21-15-18(5-8-20(21)23(30)28-11-13-31-14-12-28)25-16-22(29)26-17-3-6-19(7-4-17)27-9-1-2-10-27/h3-8,15,25H,1-2,9-14,16H2,(H,26,29). The van der Waals surface area contributed by atoms with Gasteiger partial charge in [0.15, 0.2) is 0 Å². The first-order valence-corrected chi connectivity index (χ1v) is 11.0. The third kappa shape index (κ3) is 5.48. The number of amides is 2. The number of nitrogens with one attached hydrogen (secondary N) is 2. The Labute approximate surface area is 187 Å². The van der Waals surface area contributed by atoms with Crippen LogP contribution < -0.4 is 15.5 Å². The van der Waals surface area contributed by atoms with Gasteiger partial charge in [-0.2, -0.15) is 0 Å². The zero-order chi connectivity index (χ0) is 21.6. The van der Waals surface area contributed by atoms with E-state index in [1.807, 2.05) is 24.3 Å². The van der Waals surface area contributed by atoms with E-state index < -0.39 is 0 Å². The van der Waals surface area contributed by atoms with E-state index >= 15 is 0 Å². The number of rotatable bonds is 6. The van der Waals surface area contributed by atoms with Gasteiger partial charge in [0.05, 0.1) is 30.3 Å². The van der Waals surface area contributed by atoms with E-state index in [-0.39, 0.29) is 18.4 Å². The highest BCUT2D eigenvalue weighted by Gasteiger charge is 2.21. The molecule has 4 rings (SSSR count). The largest absolute Gasteiger partial charge is 0.378 e. The summed E-state index contributed by atoms with van der Waals surface area (Å²) in [5.41, 5.74) is 3.09. The van der Waals surface area contributed by atoms with Crippen molar-refractivity contribution in [2.75, 3.05) is 61.5 Å². The predicted octanol–water partition coefficient (Wildman–Crippen LogP) is 3.46. The van der Waals surface area contributed by atoms with Gasteiger partial charge < -0.3 is 25.2 Å². The summed E-state index contributed by atoms with van der Waals surface area (Å²) in [5, 5.41) is 6.31. The van der Waals surface area contributed by atoms with E-state index in [1.54, 1.807) is 23.1 Å². The van der Waals surface area contributed by atoms with Gasteiger partial charge in [-0.3, -0.25) is 9.59 Å². The first kappa shape index (κ1) is 21.5. The third-order valence-corrected chi connectivity index (χ3v) is 5.89. The molecular weight excluding hydrogens is 416 g/mol. The number of hydrogen-bond donors (Lipinski definition) is 2. The molecule has 0 bridgehead atoms. The lowest BCUT2D eigenvalue weighted by atomic mass is 10.1. The van der Waals surface area contributed by atoms with E-state index in [9.17, 15) is 9.59 Å². The number of carbonyl (C=O) groups excluding carboxylic acids is 2.